The summed E-state index contributed by atoms with van der Waals surface area (Å²) in [5, 5.41) is 3.19. The number of rotatable bonds is 8. The molecule has 0 aliphatic rings. The van der Waals surface area contributed by atoms with Crippen molar-refractivity contribution in [3.8, 4) is 0 Å². The maximum absolute atomic E-state index is 12.9. The second kappa shape index (κ2) is 7.98. The number of likely N-dealkylation sites (N-methyl/N-ethyl adjacent to an activating group) is 1. The zero-order valence-electron chi connectivity index (χ0n) is 13.3. The van der Waals surface area contributed by atoms with Crippen LogP contribution in [0.1, 0.15) is 26.7 Å². The quantitative estimate of drug-likeness (QED) is 0.749. The van der Waals surface area contributed by atoms with E-state index >= 15 is 0 Å². The molecule has 0 aliphatic heterocycles. The van der Waals surface area contributed by atoms with E-state index < -0.39 is 5.54 Å². The number of ether oxygens (including phenoxy) is 1. The largest absolute Gasteiger partial charge is 0.468 e. The minimum absolute atomic E-state index is 0.238. The summed E-state index contributed by atoms with van der Waals surface area (Å²) in [4.78, 5) is 13.9. The zero-order chi connectivity index (χ0) is 15.9. The molecule has 0 radical (unpaired) electrons. The fourth-order valence-electron chi connectivity index (χ4n) is 2.37. The molecule has 4 nitrogen and oxygen atoms in total. The van der Waals surface area contributed by atoms with Gasteiger partial charge in [0, 0.05) is 19.3 Å². The maximum atomic E-state index is 12.9. The van der Waals surface area contributed by atoms with E-state index in [-0.39, 0.29) is 11.8 Å². The summed E-state index contributed by atoms with van der Waals surface area (Å²) in [7, 11) is 3.36. The molecule has 5 heteroatoms. The van der Waals surface area contributed by atoms with Crippen LogP contribution in [-0.2, 0) is 9.53 Å². The van der Waals surface area contributed by atoms with Crippen molar-refractivity contribution in [3.05, 3.63) is 30.1 Å². The number of benzene rings is 1. The topological polar surface area (TPSA) is 41.6 Å². The highest BCUT2D eigenvalue weighted by Gasteiger charge is 2.32. The van der Waals surface area contributed by atoms with Gasteiger partial charge in [0.15, 0.2) is 0 Å². The molecule has 0 aromatic heterocycles. The third kappa shape index (κ3) is 5.01. The Morgan fingerprint density at radius 2 is 2.00 bits per heavy atom. The van der Waals surface area contributed by atoms with Crippen LogP contribution in [0.3, 0.4) is 0 Å². The van der Waals surface area contributed by atoms with Crippen molar-refractivity contribution in [2.24, 2.45) is 0 Å². The van der Waals surface area contributed by atoms with Crippen molar-refractivity contribution in [2.75, 3.05) is 32.1 Å². The van der Waals surface area contributed by atoms with Crippen LogP contribution >= 0.6 is 0 Å². The molecule has 1 atom stereocenters. The highest BCUT2D eigenvalue weighted by atomic mass is 19.1. The number of hydrogen-bond donors (Lipinski definition) is 1. The van der Waals surface area contributed by atoms with E-state index in [1.165, 1.54) is 19.2 Å². The summed E-state index contributed by atoms with van der Waals surface area (Å²) >= 11 is 0. The Morgan fingerprint density at radius 3 is 2.52 bits per heavy atom. The molecule has 0 amide bonds. The molecule has 1 aromatic rings. The molecule has 1 N–H and O–H groups in total. The summed E-state index contributed by atoms with van der Waals surface area (Å²) in [6, 6.07) is 6.39. The molecule has 1 unspecified atom stereocenters. The van der Waals surface area contributed by atoms with Crippen molar-refractivity contribution >= 4 is 11.7 Å². The Kier molecular flexibility index (Phi) is 6.62. The third-order valence-electron chi connectivity index (χ3n) is 3.64. The van der Waals surface area contributed by atoms with Crippen LogP contribution in [-0.4, -0.2) is 38.8 Å². The van der Waals surface area contributed by atoms with Crippen LogP contribution in [0.5, 0.6) is 0 Å². The number of carbonyl (C=O) groups is 1. The first-order chi connectivity index (χ1) is 9.92. The van der Waals surface area contributed by atoms with Crippen molar-refractivity contribution in [1.82, 2.24) is 5.32 Å². The minimum Gasteiger partial charge on any atom is -0.468 e. The van der Waals surface area contributed by atoms with Crippen molar-refractivity contribution in [1.29, 1.82) is 0 Å². The van der Waals surface area contributed by atoms with Gasteiger partial charge in [-0.15, -0.1) is 0 Å². The van der Waals surface area contributed by atoms with Crippen LogP contribution in [0.2, 0.25) is 0 Å². The number of methoxy groups -OCH3 is 1. The van der Waals surface area contributed by atoms with Gasteiger partial charge in [-0.1, -0.05) is 6.92 Å². The van der Waals surface area contributed by atoms with E-state index in [1.54, 1.807) is 12.1 Å². The summed E-state index contributed by atoms with van der Waals surface area (Å²) < 4.78 is 17.8. The molecule has 1 aromatic carbocycles. The molecule has 0 heterocycles. The maximum Gasteiger partial charge on any atom is 0.325 e. The lowest BCUT2D eigenvalue weighted by Gasteiger charge is -2.28. The first-order valence-corrected chi connectivity index (χ1v) is 7.23. The van der Waals surface area contributed by atoms with Gasteiger partial charge in [0.2, 0.25) is 0 Å². The van der Waals surface area contributed by atoms with Crippen LogP contribution in [0.15, 0.2) is 24.3 Å². The number of anilines is 1. The number of nitrogens with one attached hydrogen (secondary N) is 1. The van der Waals surface area contributed by atoms with Gasteiger partial charge in [-0.25, -0.2) is 4.39 Å². The Hall–Kier alpha value is -1.62. The molecule has 0 spiro atoms. The van der Waals surface area contributed by atoms with E-state index in [4.69, 9.17) is 4.74 Å². The number of hydrogen-bond acceptors (Lipinski definition) is 4. The number of carbonyl (C=O) groups excluding carboxylic acids is 1. The Balaban J connectivity index is 2.53. The van der Waals surface area contributed by atoms with Gasteiger partial charge < -0.3 is 15.0 Å². The first-order valence-electron chi connectivity index (χ1n) is 7.23. The summed E-state index contributed by atoms with van der Waals surface area (Å²) in [6.07, 6.45) is 1.51. The highest BCUT2D eigenvalue weighted by Crippen LogP contribution is 2.17. The molecule has 118 valence electrons. The van der Waals surface area contributed by atoms with Crippen molar-refractivity contribution in [2.45, 2.75) is 32.2 Å². The molecular weight excluding hydrogens is 271 g/mol. The molecule has 0 saturated heterocycles. The standard InChI is InChI=1S/C16H25FN2O2/c1-5-18-16(2,15(20)21-4)11-6-12-19(3)14-9-7-13(17)8-10-14/h7-10,18H,5-6,11-12H2,1-4H3. The van der Waals surface area contributed by atoms with E-state index in [2.05, 4.69) is 5.32 Å². The number of halogens is 1. The van der Waals surface area contributed by atoms with Gasteiger partial charge in [-0.2, -0.15) is 0 Å². The van der Waals surface area contributed by atoms with Gasteiger partial charge in [0.1, 0.15) is 11.4 Å². The van der Waals surface area contributed by atoms with Crippen molar-refractivity contribution in [3.63, 3.8) is 0 Å². The van der Waals surface area contributed by atoms with E-state index in [9.17, 15) is 9.18 Å². The van der Waals surface area contributed by atoms with Gasteiger partial charge in [-0.05, 0) is 50.6 Å². The summed E-state index contributed by atoms with van der Waals surface area (Å²) in [6.45, 7) is 5.31. The second-order valence-corrected chi connectivity index (χ2v) is 5.36. The SMILES string of the molecule is CCNC(C)(CCCN(C)c1ccc(F)cc1)C(=O)OC. The first kappa shape index (κ1) is 17.4. The molecule has 21 heavy (non-hydrogen) atoms. The van der Waals surface area contributed by atoms with Gasteiger partial charge in [-0.3, -0.25) is 4.79 Å². The van der Waals surface area contributed by atoms with Gasteiger partial charge in [0.05, 0.1) is 7.11 Å². The Morgan fingerprint density at radius 1 is 1.38 bits per heavy atom. The lowest BCUT2D eigenvalue weighted by molar-refractivity contribution is -0.148. The van der Waals surface area contributed by atoms with Gasteiger partial charge >= 0.3 is 5.97 Å². The lowest BCUT2D eigenvalue weighted by atomic mass is 9.95. The summed E-state index contributed by atoms with van der Waals surface area (Å²) in [5.74, 6) is -0.480. The molecule has 0 aliphatic carbocycles. The third-order valence-corrected chi connectivity index (χ3v) is 3.64. The molecule has 1 rings (SSSR count). The van der Waals surface area contributed by atoms with Crippen LogP contribution in [0.4, 0.5) is 10.1 Å². The molecular formula is C16H25FN2O2. The van der Waals surface area contributed by atoms with Crippen LogP contribution in [0.25, 0.3) is 0 Å². The fourth-order valence-corrected chi connectivity index (χ4v) is 2.37. The van der Waals surface area contributed by atoms with E-state index in [0.29, 0.717) is 13.0 Å². The molecule has 0 bridgehead atoms. The van der Waals surface area contributed by atoms with Crippen molar-refractivity contribution < 1.29 is 13.9 Å². The fraction of sp³-hybridized carbons (Fsp3) is 0.562. The number of esters is 1. The van der Waals surface area contributed by atoms with E-state index in [1.807, 2.05) is 25.8 Å². The monoisotopic (exact) mass is 296 g/mol. The predicted octanol–water partition coefficient (Wildman–Crippen LogP) is 2.58. The highest BCUT2D eigenvalue weighted by molar-refractivity contribution is 5.80. The number of nitrogens with zero attached hydrogens (tertiary/aromatic N) is 1. The average Bonchev–Trinajstić information content (AvgIpc) is 2.47. The molecule has 0 fully saturated rings. The smallest absolute Gasteiger partial charge is 0.325 e. The van der Waals surface area contributed by atoms with Crippen LogP contribution < -0.4 is 10.2 Å². The second-order valence-electron chi connectivity index (χ2n) is 5.36. The predicted molar refractivity (Wildman–Crippen MR) is 83.0 cm³/mol. The van der Waals surface area contributed by atoms with Gasteiger partial charge in [0.25, 0.3) is 0 Å². The Labute approximate surface area is 126 Å². The summed E-state index contributed by atoms with van der Waals surface area (Å²) in [5.41, 5.74) is 0.298. The van der Waals surface area contributed by atoms with Crippen LogP contribution in [0, 0.1) is 5.82 Å². The lowest BCUT2D eigenvalue weighted by Crippen LogP contribution is -2.50. The Bertz CT molecular complexity index is 450. The molecule has 0 saturated carbocycles. The van der Waals surface area contributed by atoms with E-state index in [0.717, 1.165) is 18.7 Å². The normalized spacial score (nSPS) is 13.6. The average molecular weight is 296 g/mol. The minimum atomic E-state index is -0.660. The zero-order valence-corrected chi connectivity index (χ0v) is 13.3.